The molecule has 0 aliphatic carbocycles. The average molecular weight is 348 g/mol. The molecule has 0 amide bonds. The van der Waals surface area contributed by atoms with Crippen molar-refractivity contribution in [1.82, 2.24) is 9.78 Å². The van der Waals surface area contributed by atoms with Crippen LogP contribution in [-0.4, -0.2) is 40.7 Å². The van der Waals surface area contributed by atoms with Gasteiger partial charge in [0.2, 0.25) is 0 Å². The normalized spacial score (nSPS) is 12.7. The standard InChI is InChI=1S/C13H22BrN3O3/c1-4-20-8-11(9(2)3)16-10-7-15-17(5-6-18)13(19)12(10)14/h7,9,11,16,18H,4-6,8H2,1-3H3. The van der Waals surface area contributed by atoms with Crippen molar-refractivity contribution in [2.45, 2.75) is 33.4 Å². The zero-order valence-electron chi connectivity index (χ0n) is 12.1. The smallest absolute Gasteiger partial charge is 0.283 e. The van der Waals surface area contributed by atoms with E-state index in [-0.39, 0.29) is 24.8 Å². The number of rotatable bonds is 8. The van der Waals surface area contributed by atoms with Crippen LogP contribution in [0.2, 0.25) is 0 Å². The van der Waals surface area contributed by atoms with Gasteiger partial charge in [0, 0.05) is 6.61 Å². The van der Waals surface area contributed by atoms with E-state index < -0.39 is 0 Å². The molecule has 114 valence electrons. The van der Waals surface area contributed by atoms with Gasteiger partial charge in [-0.25, -0.2) is 4.68 Å². The molecule has 0 aromatic carbocycles. The molecular formula is C13H22BrN3O3. The molecule has 0 bridgehead atoms. The summed E-state index contributed by atoms with van der Waals surface area (Å²) in [6.07, 6.45) is 1.59. The number of hydrogen-bond donors (Lipinski definition) is 2. The first-order chi connectivity index (χ1) is 9.51. The Bertz CT molecular complexity index is 476. The number of nitrogens with zero attached hydrogens (tertiary/aromatic N) is 2. The highest BCUT2D eigenvalue weighted by Gasteiger charge is 2.16. The number of hydrogen-bond acceptors (Lipinski definition) is 5. The van der Waals surface area contributed by atoms with E-state index >= 15 is 0 Å². The van der Waals surface area contributed by atoms with E-state index in [0.717, 1.165) is 0 Å². The topological polar surface area (TPSA) is 76.4 Å². The van der Waals surface area contributed by atoms with E-state index in [1.807, 2.05) is 6.92 Å². The van der Waals surface area contributed by atoms with Crippen LogP contribution in [0.5, 0.6) is 0 Å². The molecule has 2 N–H and O–H groups in total. The summed E-state index contributed by atoms with van der Waals surface area (Å²) < 4.78 is 7.09. The van der Waals surface area contributed by atoms with Gasteiger partial charge in [-0.15, -0.1) is 0 Å². The summed E-state index contributed by atoms with van der Waals surface area (Å²) in [6, 6.07) is 0.0983. The molecule has 0 saturated carbocycles. The Morgan fingerprint density at radius 2 is 2.25 bits per heavy atom. The Labute approximate surface area is 127 Å². The minimum absolute atomic E-state index is 0.0983. The Hall–Kier alpha value is -0.920. The lowest BCUT2D eigenvalue weighted by Crippen LogP contribution is -2.33. The molecule has 0 aliphatic rings. The van der Waals surface area contributed by atoms with Crippen molar-refractivity contribution in [2.75, 3.05) is 25.1 Å². The SMILES string of the molecule is CCOCC(Nc1cnn(CCO)c(=O)c1Br)C(C)C. The molecule has 20 heavy (non-hydrogen) atoms. The van der Waals surface area contributed by atoms with Gasteiger partial charge in [-0.2, -0.15) is 5.10 Å². The summed E-state index contributed by atoms with van der Waals surface area (Å²) in [4.78, 5) is 12.0. The molecule has 1 rings (SSSR count). The van der Waals surface area contributed by atoms with Gasteiger partial charge in [0.15, 0.2) is 0 Å². The van der Waals surface area contributed by atoms with Crippen LogP contribution in [0.1, 0.15) is 20.8 Å². The molecule has 0 aliphatic heterocycles. The Balaban J connectivity index is 2.90. The fourth-order valence-electron chi connectivity index (χ4n) is 1.67. The second kappa shape index (κ2) is 8.39. The third kappa shape index (κ3) is 4.57. The van der Waals surface area contributed by atoms with Gasteiger partial charge in [-0.3, -0.25) is 4.79 Å². The lowest BCUT2D eigenvalue weighted by Gasteiger charge is -2.23. The molecule has 0 fully saturated rings. The Morgan fingerprint density at radius 3 is 2.80 bits per heavy atom. The van der Waals surface area contributed by atoms with E-state index in [0.29, 0.717) is 29.3 Å². The number of nitrogens with one attached hydrogen (secondary N) is 1. The molecule has 1 heterocycles. The van der Waals surface area contributed by atoms with Crippen LogP contribution >= 0.6 is 15.9 Å². The van der Waals surface area contributed by atoms with Crippen LogP contribution in [0.3, 0.4) is 0 Å². The molecule has 1 aromatic rings. The predicted octanol–water partition coefficient (Wildman–Crippen LogP) is 1.47. The summed E-state index contributed by atoms with van der Waals surface area (Å²) in [7, 11) is 0. The van der Waals surface area contributed by atoms with Crippen molar-refractivity contribution in [2.24, 2.45) is 5.92 Å². The summed E-state index contributed by atoms with van der Waals surface area (Å²) in [5.74, 6) is 0.355. The highest BCUT2D eigenvalue weighted by Crippen LogP contribution is 2.19. The lowest BCUT2D eigenvalue weighted by atomic mass is 10.1. The number of aliphatic hydroxyl groups excluding tert-OH is 1. The predicted molar refractivity (Wildman–Crippen MR) is 82.0 cm³/mol. The maximum Gasteiger partial charge on any atom is 0.283 e. The van der Waals surface area contributed by atoms with Gasteiger partial charge in [0.1, 0.15) is 4.47 Å². The minimum atomic E-state index is -0.261. The molecule has 0 saturated heterocycles. The molecule has 1 unspecified atom stereocenters. The molecule has 6 nitrogen and oxygen atoms in total. The number of halogens is 1. The first-order valence-electron chi connectivity index (χ1n) is 6.72. The Kier molecular flexibility index (Phi) is 7.18. The third-order valence-corrected chi connectivity index (χ3v) is 3.71. The molecular weight excluding hydrogens is 326 g/mol. The van der Waals surface area contributed by atoms with Crippen molar-refractivity contribution in [1.29, 1.82) is 0 Å². The largest absolute Gasteiger partial charge is 0.394 e. The van der Waals surface area contributed by atoms with E-state index in [1.165, 1.54) is 4.68 Å². The van der Waals surface area contributed by atoms with E-state index in [1.54, 1.807) is 6.20 Å². The quantitative estimate of drug-likeness (QED) is 0.744. The second-order valence-electron chi connectivity index (χ2n) is 4.78. The van der Waals surface area contributed by atoms with E-state index in [2.05, 4.69) is 40.2 Å². The molecule has 0 spiro atoms. The molecule has 1 atom stereocenters. The van der Waals surface area contributed by atoms with Crippen LogP contribution in [0.4, 0.5) is 5.69 Å². The van der Waals surface area contributed by atoms with E-state index in [4.69, 9.17) is 9.84 Å². The molecule has 1 aromatic heterocycles. The Morgan fingerprint density at radius 1 is 1.55 bits per heavy atom. The molecule has 7 heteroatoms. The molecule has 0 radical (unpaired) electrons. The van der Waals surface area contributed by atoms with Crippen LogP contribution in [0.25, 0.3) is 0 Å². The monoisotopic (exact) mass is 347 g/mol. The zero-order chi connectivity index (χ0) is 15.1. The number of aliphatic hydroxyl groups is 1. The van der Waals surface area contributed by atoms with Crippen LogP contribution in [0.15, 0.2) is 15.5 Å². The van der Waals surface area contributed by atoms with Crippen LogP contribution in [-0.2, 0) is 11.3 Å². The van der Waals surface area contributed by atoms with Gasteiger partial charge < -0.3 is 15.2 Å². The van der Waals surface area contributed by atoms with Crippen molar-refractivity contribution < 1.29 is 9.84 Å². The van der Waals surface area contributed by atoms with Crippen molar-refractivity contribution in [3.05, 3.63) is 21.0 Å². The van der Waals surface area contributed by atoms with Gasteiger partial charge in [0.05, 0.1) is 37.7 Å². The number of ether oxygens (including phenoxy) is 1. The summed E-state index contributed by atoms with van der Waals surface area (Å²) >= 11 is 3.29. The maximum absolute atomic E-state index is 12.0. The van der Waals surface area contributed by atoms with Crippen LogP contribution < -0.4 is 10.9 Å². The first-order valence-corrected chi connectivity index (χ1v) is 7.51. The highest BCUT2D eigenvalue weighted by molar-refractivity contribution is 9.10. The van der Waals surface area contributed by atoms with Crippen LogP contribution in [0, 0.1) is 5.92 Å². The van der Waals surface area contributed by atoms with Gasteiger partial charge in [0.25, 0.3) is 5.56 Å². The second-order valence-corrected chi connectivity index (χ2v) is 5.57. The first kappa shape index (κ1) is 17.1. The highest BCUT2D eigenvalue weighted by atomic mass is 79.9. The maximum atomic E-state index is 12.0. The summed E-state index contributed by atoms with van der Waals surface area (Å²) in [6.45, 7) is 7.42. The third-order valence-electron chi connectivity index (χ3n) is 2.94. The van der Waals surface area contributed by atoms with Crippen molar-refractivity contribution >= 4 is 21.6 Å². The van der Waals surface area contributed by atoms with Gasteiger partial charge in [-0.1, -0.05) is 13.8 Å². The fraction of sp³-hybridized carbons (Fsp3) is 0.692. The number of aromatic nitrogens is 2. The average Bonchev–Trinajstić information content (AvgIpc) is 2.42. The van der Waals surface area contributed by atoms with Gasteiger partial charge in [-0.05, 0) is 28.8 Å². The van der Waals surface area contributed by atoms with Gasteiger partial charge >= 0.3 is 0 Å². The fourth-order valence-corrected chi connectivity index (χ4v) is 2.09. The van der Waals surface area contributed by atoms with Crippen molar-refractivity contribution in [3.8, 4) is 0 Å². The minimum Gasteiger partial charge on any atom is -0.394 e. The number of anilines is 1. The van der Waals surface area contributed by atoms with Crippen molar-refractivity contribution in [3.63, 3.8) is 0 Å². The lowest BCUT2D eigenvalue weighted by molar-refractivity contribution is 0.127. The summed E-state index contributed by atoms with van der Waals surface area (Å²) in [5, 5.41) is 16.2. The summed E-state index contributed by atoms with van der Waals surface area (Å²) in [5.41, 5.74) is 0.380. The van der Waals surface area contributed by atoms with E-state index in [9.17, 15) is 4.79 Å². The zero-order valence-corrected chi connectivity index (χ0v) is 13.7.